The first kappa shape index (κ1) is 20.7. The SMILES string of the molecule is C=Cc1cnn2c(N[C@H]3CC[C@H](NC(=O)OC(C)(C)C)C3)cc(C(C)C3CC3)nc12. The molecule has 0 aliphatic heterocycles. The second-order valence-corrected chi connectivity index (χ2v) is 9.73. The zero-order valence-electron chi connectivity index (χ0n) is 18.4. The molecule has 7 nitrogen and oxygen atoms in total. The topological polar surface area (TPSA) is 80.5 Å². The van der Waals surface area contributed by atoms with Crippen LogP contribution in [0.2, 0.25) is 0 Å². The van der Waals surface area contributed by atoms with Gasteiger partial charge in [-0.2, -0.15) is 9.61 Å². The van der Waals surface area contributed by atoms with Gasteiger partial charge in [-0.05, 0) is 58.8 Å². The van der Waals surface area contributed by atoms with E-state index in [9.17, 15) is 4.79 Å². The van der Waals surface area contributed by atoms with Crippen LogP contribution in [0.25, 0.3) is 11.7 Å². The normalized spacial score (nSPS) is 22.7. The standard InChI is InChI=1S/C23H33N5O2/c1-6-15-13-24-28-20(12-19(27-21(15)28)14(2)16-7-8-16)25-17-9-10-18(11-17)26-22(29)30-23(3,4)5/h6,12-14,16-18,25H,1,7-11H2,2-5H3,(H,26,29)/t14?,17-,18-/m0/s1. The maximum Gasteiger partial charge on any atom is 0.407 e. The smallest absolute Gasteiger partial charge is 0.407 e. The third-order valence-electron chi connectivity index (χ3n) is 6.04. The zero-order valence-corrected chi connectivity index (χ0v) is 18.4. The molecule has 7 heteroatoms. The highest BCUT2D eigenvalue weighted by atomic mass is 16.6. The summed E-state index contributed by atoms with van der Waals surface area (Å²) in [5, 5.41) is 11.2. The van der Waals surface area contributed by atoms with Gasteiger partial charge in [0.2, 0.25) is 0 Å². The van der Waals surface area contributed by atoms with E-state index < -0.39 is 5.60 Å². The minimum absolute atomic E-state index is 0.112. The number of anilines is 1. The summed E-state index contributed by atoms with van der Waals surface area (Å²) in [7, 11) is 0. The Morgan fingerprint density at radius 1 is 1.30 bits per heavy atom. The maximum atomic E-state index is 12.1. The van der Waals surface area contributed by atoms with Crippen LogP contribution in [0.3, 0.4) is 0 Å². The molecule has 2 aromatic heterocycles. The lowest BCUT2D eigenvalue weighted by Crippen LogP contribution is -2.38. The van der Waals surface area contributed by atoms with Crippen LogP contribution < -0.4 is 10.6 Å². The molecule has 2 heterocycles. The molecule has 3 atom stereocenters. The summed E-state index contributed by atoms with van der Waals surface area (Å²) in [5.41, 5.74) is 2.41. The Labute approximate surface area is 178 Å². The predicted molar refractivity (Wildman–Crippen MR) is 119 cm³/mol. The van der Waals surface area contributed by atoms with E-state index in [1.807, 2.05) is 31.5 Å². The minimum atomic E-state index is -0.486. The highest BCUT2D eigenvalue weighted by molar-refractivity contribution is 5.68. The highest BCUT2D eigenvalue weighted by Gasteiger charge is 2.32. The lowest BCUT2D eigenvalue weighted by Gasteiger charge is -2.22. The van der Waals surface area contributed by atoms with Crippen LogP contribution in [-0.4, -0.2) is 38.4 Å². The number of rotatable bonds is 6. The quantitative estimate of drug-likeness (QED) is 0.717. The van der Waals surface area contributed by atoms with E-state index in [-0.39, 0.29) is 18.2 Å². The van der Waals surface area contributed by atoms with E-state index in [1.165, 1.54) is 12.8 Å². The molecule has 2 aromatic rings. The Morgan fingerprint density at radius 3 is 2.70 bits per heavy atom. The van der Waals surface area contributed by atoms with Crippen molar-refractivity contribution in [2.24, 2.45) is 5.92 Å². The van der Waals surface area contributed by atoms with E-state index >= 15 is 0 Å². The molecule has 4 rings (SSSR count). The average Bonchev–Trinajstić information content (AvgIpc) is 3.29. The van der Waals surface area contributed by atoms with Crippen molar-refractivity contribution in [3.8, 4) is 0 Å². The lowest BCUT2D eigenvalue weighted by atomic mass is 10.0. The fraction of sp³-hybridized carbons (Fsp3) is 0.609. The van der Waals surface area contributed by atoms with Crippen LogP contribution in [-0.2, 0) is 4.74 Å². The average molecular weight is 412 g/mol. The second-order valence-electron chi connectivity index (χ2n) is 9.73. The molecule has 30 heavy (non-hydrogen) atoms. The van der Waals surface area contributed by atoms with Crippen molar-refractivity contribution in [1.82, 2.24) is 19.9 Å². The first-order chi connectivity index (χ1) is 14.2. The molecule has 0 aromatic carbocycles. The van der Waals surface area contributed by atoms with Gasteiger partial charge >= 0.3 is 6.09 Å². The summed E-state index contributed by atoms with van der Waals surface area (Å²) in [5.74, 6) is 2.13. The van der Waals surface area contributed by atoms with Crippen LogP contribution in [0.4, 0.5) is 10.6 Å². The summed E-state index contributed by atoms with van der Waals surface area (Å²) < 4.78 is 7.26. The number of aromatic nitrogens is 3. The van der Waals surface area contributed by atoms with Gasteiger partial charge in [0.05, 0.1) is 6.20 Å². The number of nitrogens with one attached hydrogen (secondary N) is 2. The Balaban J connectivity index is 1.49. The summed E-state index contributed by atoms with van der Waals surface area (Å²) in [6, 6.07) is 2.52. The number of ether oxygens (including phenoxy) is 1. The van der Waals surface area contributed by atoms with Gasteiger partial charge in [0.1, 0.15) is 11.4 Å². The Hall–Kier alpha value is -2.57. The molecule has 2 saturated carbocycles. The van der Waals surface area contributed by atoms with E-state index in [2.05, 4.69) is 35.3 Å². The number of amides is 1. The largest absolute Gasteiger partial charge is 0.444 e. The van der Waals surface area contributed by atoms with Crippen LogP contribution in [0, 0.1) is 5.92 Å². The van der Waals surface area contributed by atoms with Crippen molar-refractivity contribution < 1.29 is 9.53 Å². The number of carbonyl (C=O) groups is 1. The lowest BCUT2D eigenvalue weighted by molar-refractivity contribution is 0.0505. The van der Waals surface area contributed by atoms with Crippen LogP contribution in [0.15, 0.2) is 18.8 Å². The highest BCUT2D eigenvalue weighted by Crippen LogP contribution is 2.42. The van der Waals surface area contributed by atoms with Gasteiger partial charge in [-0.15, -0.1) is 0 Å². The Kier molecular flexibility index (Phi) is 5.47. The van der Waals surface area contributed by atoms with Crippen molar-refractivity contribution in [2.75, 3.05) is 5.32 Å². The first-order valence-corrected chi connectivity index (χ1v) is 11.0. The molecule has 162 valence electrons. The van der Waals surface area contributed by atoms with Gasteiger partial charge < -0.3 is 15.4 Å². The monoisotopic (exact) mass is 411 g/mol. The van der Waals surface area contributed by atoms with Crippen molar-refractivity contribution in [2.45, 2.75) is 83.4 Å². The summed E-state index contributed by atoms with van der Waals surface area (Å²) >= 11 is 0. The van der Waals surface area contributed by atoms with E-state index in [1.54, 1.807) is 6.08 Å². The maximum absolute atomic E-state index is 12.1. The molecule has 0 saturated heterocycles. The number of nitrogens with zero attached hydrogens (tertiary/aromatic N) is 3. The van der Waals surface area contributed by atoms with Crippen LogP contribution in [0.5, 0.6) is 0 Å². The number of hydrogen-bond donors (Lipinski definition) is 2. The predicted octanol–water partition coefficient (Wildman–Crippen LogP) is 4.74. The van der Waals surface area contributed by atoms with Gasteiger partial charge in [0.25, 0.3) is 0 Å². The fourth-order valence-corrected chi connectivity index (χ4v) is 4.24. The molecule has 1 amide bonds. The molecular weight excluding hydrogens is 378 g/mol. The number of alkyl carbamates (subject to hydrolysis) is 1. The summed E-state index contributed by atoms with van der Waals surface area (Å²) in [4.78, 5) is 17.0. The summed E-state index contributed by atoms with van der Waals surface area (Å²) in [6.45, 7) is 11.8. The van der Waals surface area contributed by atoms with Gasteiger partial charge in [-0.1, -0.05) is 19.6 Å². The molecule has 1 unspecified atom stereocenters. The third kappa shape index (κ3) is 4.60. The Morgan fingerprint density at radius 2 is 2.03 bits per heavy atom. The van der Waals surface area contributed by atoms with Crippen molar-refractivity contribution in [3.05, 3.63) is 30.1 Å². The molecule has 2 N–H and O–H groups in total. The zero-order chi connectivity index (χ0) is 21.5. The van der Waals surface area contributed by atoms with E-state index in [4.69, 9.17) is 9.72 Å². The number of fused-ring (bicyclic) bond motifs is 1. The minimum Gasteiger partial charge on any atom is -0.444 e. The molecule has 0 radical (unpaired) electrons. The van der Waals surface area contributed by atoms with Crippen molar-refractivity contribution in [3.63, 3.8) is 0 Å². The van der Waals surface area contributed by atoms with E-state index in [0.29, 0.717) is 5.92 Å². The van der Waals surface area contributed by atoms with E-state index in [0.717, 1.165) is 47.9 Å². The molecule has 0 spiro atoms. The summed E-state index contributed by atoms with van der Waals surface area (Å²) in [6.07, 6.45) is 8.60. The Bertz CT molecular complexity index is 941. The molecule has 2 fully saturated rings. The molecule has 2 aliphatic carbocycles. The third-order valence-corrected chi connectivity index (χ3v) is 6.04. The second kappa shape index (κ2) is 7.93. The van der Waals surface area contributed by atoms with Gasteiger partial charge in [0.15, 0.2) is 5.65 Å². The van der Waals surface area contributed by atoms with Crippen molar-refractivity contribution in [1.29, 1.82) is 0 Å². The molecule has 2 aliphatic rings. The number of hydrogen-bond acceptors (Lipinski definition) is 5. The molecular formula is C23H33N5O2. The number of carbonyl (C=O) groups excluding carboxylic acids is 1. The van der Waals surface area contributed by atoms with Gasteiger partial charge in [-0.25, -0.2) is 9.78 Å². The fourth-order valence-electron chi connectivity index (χ4n) is 4.24. The van der Waals surface area contributed by atoms with Crippen LogP contribution in [0.1, 0.15) is 77.0 Å². The van der Waals surface area contributed by atoms with Gasteiger partial charge in [-0.3, -0.25) is 0 Å². The van der Waals surface area contributed by atoms with Crippen molar-refractivity contribution >= 4 is 23.6 Å². The molecule has 0 bridgehead atoms. The first-order valence-electron chi connectivity index (χ1n) is 11.0. The van der Waals surface area contributed by atoms with Crippen LogP contribution >= 0.6 is 0 Å². The van der Waals surface area contributed by atoms with Gasteiger partial charge in [0, 0.05) is 35.3 Å².